The lowest BCUT2D eigenvalue weighted by atomic mass is 10.6. The zero-order valence-corrected chi connectivity index (χ0v) is 7.02. The van der Waals surface area contributed by atoms with E-state index in [1.807, 2.05) is 0 Å². The molecule has 68 valence electrons. The Morgan fingerprint density at radius 1 is 1.50 bits per heavy atom. The van der Waals surface area contributed by atoms with Crippen molar-refractivity contribution in [1.82, 2.24) is 9.80 Å². The summed E-state index contributed by atoms with van der Waals surface area (Å²) in [6.07, 6.45) is 0.730. The highest BCUT2D eigenvalue weighted by molar-refractivity contribution is 5.78. The number of hydrogen-bond acceptors (Lipinski definition) is 3. The van der Waals surface area contributed by atoms with E-state index in [0.717, 1.165) is 6.29 Å². The average Bonchev–Trinajstić information content (AvgIpc) is 2.38. The third-order valence-electron chi connectivity index (χ3n) is 1.76. The van der Waals surface area contributed by atoms with Crippen molar-refractivity contribution < 1.29 is 14.3 Å². The third-order valence-corrected chi connectivity index (χ3v) is 1.76. The van der Waals surface area contributed by atoms with Crippen molar-refractivity contribution in [3.8, 4) is 0 Å². The van der Waals surface area contributed by atoms with Gasteiger partial charge in [0.25, 0.3) is 0 Å². The summed E-state index contributed by atoms with van der Waals surface area (Å²) in [6.45, 7) is 1.73. The predicted octanol–water partition coefficient (Wildman–Crippen LogP) is -0.473. The molecule has 0 unspecified atom stereocenters. The minimum absolute atomic E-state index is 0.121. The fraction of sp³-hybridized carbons (Fsp3) is 0.714. The number of methoxy groups -OCH3 is 1. The lowest BCUT2D eigenvalue weighted by Crippen LogP contribution is -2.33. The molecule has 2 amide bonds. The topological polar surface area (TPSA) is 49.9 Å². The molecule has 0 aromatic rings. The maximum absolute atomic E-state index is 11.3. The molecule has 1 rings (SSSR count). The van der Waals surface area contributed by atoms with Crippen molar-refractivity contribution in [2.75, 3.05) is 33.5 Å². The van der Waals surface area contributed by atoms with E-state index in [4.69, 9.17) is 4.74 Å². The van der Waals surface area contributed by atoms with Crippen LogP contribution in [0.3, 0.4) is 0 Å². The van der Waals surface area contributed by atoms with E-state index in [1.165, 1.54) is 12.0 Å². The first-order valence-electron chi connectivity index (χ1n) is 3.76. The summed E-state index contributed by atoms with van der Waals surface area (Å²) in [6, 6.07) is -0.121. The molecule has 0 saturated carbocycles. The summed E-state index contributed by atoms with van der Waals surface area (Å²) >= 11 is 0. The number of nitrogens with zero attached hydrogens (tertiary/aromatic N) is 2. The standard InChI is InChI=1S/C7H12N2O3/c1-12-6-9-3-2-8(4-5-10)7(9)11/h5H,2-4,6H2,1H3. The fourth-order valence-corrected chi connectivity index (χ4v) is 1.17. The lowest BCUT2D eigenvalue weighted by Gasteiger charge is -2.15. The number of amides is 2. The van der Waals surface area contributed by atoms with E-state index in [0.29, 0.717) is 19.8 Å². The number of urea groups is 1. The van der Waals surface area contributed by atoms with Gasteiger partial charge in [-0.3, -0.25) is 4.90 Å². The van der Waals surface area contributed by atoms with E-state index in [-0.39, 0.29) is 12.6 Å². The fourth-order valence-electron chi connectivity index (χ4n) is 1.17. The van der Waals surface area contributed by atoms with Gasteiger partial charge in [-0.25, -0.2) is 4.79 Å². The molecule has 12 heavy (non-hydrogen) atoms. The molecule has 5 nitrogen and oxygen atoms in total. The van der Waals surface area contributed by atoms with Gasteiger partial charge in [0.2, 0.25) is 0 Å². The van der Waals surface area contributed by atoms with Gasteiger partial charge in [0.15, 0.2) is 0 Å². The van der Waals surface area contributed by atoms with Crippen LogP contribution >= 0.6 is 0 Å². The van der Waals surface area contributed by atoms with Crippen LogP contribution in [0.5, 0.6) is 0 Å². The molecule has 0 aromatic carbocycles. The second kappa shape index (κ2) is 4.06. The van der Waals surface area contributed by atoms with Gasteiger partial charge in [0.1, 0.15) is 13.0 Å². The molecule has 0 spiro atoms. The Labute approximate surface area is 70.9 Å². The Bertz CT molecular complexity index is 183. The number of ether oxygens (including phenoxy) is 1. The van der Waals surface area contributed by atoms with Crippen molar-refractivity contribution in [3.05, 3.63) is 0 Å². The molecule has 0 bridgehead atoms. The van der Waals surface area contributed by atoms with E-state index in [2.05, 4.69) is 0 Å². The smallest absolute Gasteiger partial charge is 0.322 e. The molecule has 0 N–H and O–H groups in total. The Balaban J connectivity index is 2.43. The molecule has 1 aliphatic rings. The second-order valence-corrected chi connectivity index (χ2v) is 2.58. The molecule has 5 heteroatoms. The third kappa shape index (κ3) is 1.73. The van der Waals surface area contributed by atoms with Crippen molar-refractivity contribution in [1.29, 1.82) is 0 Å². The van der Waals surface area contributed by atoms with E-state index in [1.54, 1.807) is 4.90 Å². The van der Waals surface area contributed by atoms with Crippen LogP contribution in [-0.4, -0.2) is 55.6 Å². The molecule has 1 aliphatic heterocycles. The van der Waals surface area contributed by atoms with Crippen LogP contribution in [0.1, 0.15) is 0 Å². The summed E-state index contributed by atoms with van der Waals surface area (Å²) in [5, 5.41) is 0. The van der Waals surface area contributed by atoms with Crippen LogP contribution in [0.15, 0.2) is 0 Å². The van der Waals surface area contributed by atoms with Gasteiger partial charge in [-0.2, -0.15) is 0 Å². The lowest BCUT2D eigenvalue weighted by molar-refractivity contribution is -0.108. The maximum atomic E-state index is 11.3. The molecular formula is C7H12N2O3. The van der Waals surface area contributed by atoms with Crippen LogP contribution in [-0.2, 0) is 9.53 Å². The van der Waals surface area contributed by atoms with Gasteiger partial charge in [0.05, 0.1) is 6.54 Å². The number of rotatable bonds is 4. The SMILES string of the molecule is COCN1CCN(CC=O)C1=O. The second-order valence-electron chi connectivity index (χ2n) is 2.58. The summed E-state index contributed by atoms with van der Waals surface area (Å²) in [7, 11) is 1.54. The van der Waals surface area contributed by atoms with Crippen molar-refractivity contribution in [2.24, 2.45) is 0 Å². The first-order valence-corrected chi connectivity index (χ1v) is 3.76. The van der Waals surface area contributed by atoms with E-state index >= 15 is 0 Å². The summed E-state index contributed by atoms with van der Waals surface area (Å²) in [5.74, 6) is 0. The summed E-state index contributed by atoms with van der Waals surface area (Å²) in [4.78, 5) is 24.5. The monoisotopic (exact) mass is 172 g/mol. The average molecular weight is 172 g/mol. The molecule has 1 heterocycles. The number of carbonyl (C=O) groups excluding carboxylic acids is 2. The van der Waals surface area contributed by atoms with Gasteiger partial charge < -0.3 is 14.4 Å². The zero-order chi connectivity index (χ0) is 8.97. The molecule has 0 radical (unpaired) electrons. The van der Waals surface area contributed by atoms with E-state index < -0.39 is 0 Å². The van der Waals surface area contributed by atoms with Gasteiger partial charge in [0, 0.05) is 20.2 Å². The first-order chi connectivity index (χ1) is 5.79. The molecule has 0 aliphatic carbocycles. The van der Waals surface area contributed by atoms with Gasteiger partial charge >= 0.3 is 6.03 Å². The number of carbonyl (C=O) groups is 2. The zero-order valence-electron chi connectivity index (χ0n) is 7.02. The van der Waals surface area contributed by atoms with Gasteiger partial charge in [-0.15, -0.1) is 0 Å². The van der Waals surface area contributed by atoms with Crippen molar-refractivity contribution >= 4 is 12.3 Å². The molecule has 0 aromatic heterocycles. The number of hydrogen-bond donors (Lipinski definition) is 0. The van der Waals surface area contributed by atoms with Gasteiger partial charge in [-0.05, 0) is 0 Å². The molecule has 1 saturated heterocycles. The molecule has 1 fully saturated rings. The van der Waals surface area contributed by atoms with Crippen LogP contribution in [0.2, 0.25) is 0 Å². The summed E-state index contributed by atoms with van der Waals surface area (Å²) < 4.78 is 4.81. The van der Waals surface area contributed by atoms with Crippen LogP contribution in [0.4, 0.5) is 4.79 Å². The molecular weight excluding hydrogens is 160 g/mol. The number of aldehydes is 1. The highest BCUT2D eigenvalue weighted by Gasteiger charge is 2.27. The van der Waals surface area contributed by atoms with Crippen LogP contribution in [0.25, 0.3) is 0 Å². The van der Waals surface area contributed by atoms with Crippen molar-refractivity contribution in [2.45, 2.75) is 0 Å². The minimum Gasteiger partial charge on any atom is -0.364 e. The van der Waals surface area contributed by atoms with E-state index in [9.17, 15) is 9.59 Å². The Morgan fingerprint density at radius 2 is 2.17 bits per heavy atom. The Kier molecular flexibility index (Phi) is 3.04. The largest absolute Gasteiger partial charge is 0.364 e. The highest BCUT2D eigenvalue weighted by Crippen LogP contribution is 2.06. The maximum Gasteiger partial charge on any atom is 0.322 e. The molecule has 0 atom stereocenters. The van der Waals surface area contributed by atoms with Crippen molar-refractivity contribution in [3.63, 3.8) is 0 Å². The van der Waals surface area contributed by atoms with Crippen LogP contribution in [0, 0.1) is 0 Å². The minimum atomic E-state index is -0.121. The van der Waals surface area contributed by atoms with Gasteiger partial charge in [-0.1, -0.05) is 0 Å². The quantitative estimate of drug-likeness (QED) is 0.538. The normalized spacial score (nSPS) is 17.2. The Morgan fingerprint density at radius 3 is 2.75 bits per heavy atom. The predicted molar refractivity (Wildman–Crippen MR) is 41.6 cm³/mol. The summed E-state index contributed by atoms with van der Waals surface area (Å²) in [5.41, 5.74) is 0. The Hall–Kier alpha value is -1.10. The van der Waals surface area contributed by atoms with Crippen LogP contribution < -0.4 is 0 Å². The first kappa shape index (κ1) is 8.99. The highest BCUT2D eigenvalue weighted by atomic mass is 16.5.